The first kappa shape index (κ1) is 15.9. The molecule has 0 fully saturated rings. The van der Waals surface area contributed by atoms with Crippen molar-refractivity contribution in [1.29, 1.82) is 0 Å². The highest BCUT2D eigenvalue weighted by atomic mass is 32.1. The van der Waals surface area contributed by atoms with Crippen LogP contribution >= 0.6 is 11.3 Å². The maximum absolute atomic E-state index is 12.4. The molecule has 1 aromatic heterocycles. The van der Waals surface area contributed by atoms with E-state index in [1.165, 1.54) is 4.90 Å². The number of thiazole rings is 1. The molecular formula is C16H18N2O4S. The molecule has 2 heterocycles. The predicted molar refractivity (Wildman–Crippen MR) is 87.8 cm³/mol. The predicted octanol–water partition coefficient (Wildman–Crippen LogP) is 1.59. The van der Waals surface area contributed by atoms with Crippen LogP contribution in [0.15, 0.2) is 23.6 Å². The van der Waals surface area contributed by atoms with Crippen LogP contribution in [0.2, 0.25) is 0 Å². The maximum atomic E-state index is 12.4. The molecule has 1 aromatic carbocycles. The van der Waals surface area contributed by atoms with Crippen molar-refractivity contribution < 1.29 is 19.7 Å². The number of aliphatic hydroxyl groups excluding tert-OH is 2. The number of aryl methyl sites for hydroxylation is 1. The molecule has 0 saturated heterocycles. The van der Waals surface area contributed by atoms with Crippen molar-refractivity contribution in [2.75, 3.05) is 18.1 Å². The van der Waals surface area contributed by atoms with Crippen molar-refractivity contribution in [3.8, 4) is 17.0 Å². The van der Waals surface area contributed by atoms with Crippen LogP contribution in [-0.4, -0.2) is 46.5 Å². The standard InChI is InChI=1S/C16H18N2O4S/c1-9-16(21)18(6-12(20)7-19)14-5-11(3-4-15(14)22-9)13-8-23-10(2)17-13/h3-5,8-9,12,19-20H,6-7H2,1-2H3. The van der Waals surface area contributed by atoms with Gasteiger partial charge < -0.3 is 19.8 Å². The number of hydrogen-bond acceptors (Lipinski definition) is 6. The summed E-state index contributed by atoms with van der Waals surface area (Å²) < 4.78 is 5.63. The Kier molecular flexibility index (Phi) is 4.34. The van der Waals surface area contributed by atoms with Crippen LogP contribution in [0.1, 0.15) is 11.9 Å². The molecule has 2 N–H and O–H groups in total. The van der Waals surface area contributed by atoms with Gasteiger partial charge in [0.1, 0.15) is 5.75 Å². The largest absolute Gasteiger partial charge is 0.479 e. The summed E-state index contributed by atoms with van der Waals surface area (Å²) in [5.41, 5.74) is 2.30. The van der Waals surface area contributed by atoms with E-state index in [-0.39, 0.29) is 12.5 Å². The molecule has 23 heavy (non-hydrogen) atoms. The Morgan fingerprint density at radius 1 is 1.48 bits per heavy atom. The summed E-state index contributed by atoms with van der Waals surface area (Å²) in [6.45, 7) is 3.22. The van der Waals surface area contributed by atoms with Crippen LogP contribution in [0.25, 0.3) is 11.3 Å². The zero-order valence-corrected chi connectivity index (χ0v) is 13.7. The molecule has 2 unspecified atom stereocenters. The molecule has 0 saturated carbocycles. The number of carbonyl (C=O) groups excluding carboxylic acids is 1. The topological polar surface area (TPSA) is 82.9 Å². The van der Waals surface area contributed by atoms with Crippen molar-refractivity contribution in [2.45, 2.75) is 26.1 Å². The Hall–Kier alpha value is -1.96. The first-order valence-electron chi connectivity index (χ1n) is 7.33. The molecule has 1 aliphatic rings. The first-order valence-corrected chi connectivity index (χ1v) is 8.21. The first-order chi connectivity index (χ1) is 11.0. The van der Waals surface area contributed by atoms with Crippen LogP contribution < -0.4 is 9.64 Å². The number of β-amino-alcohol motifs (C(OH)–C–C–N with tert-alkyl or cyclic N) is 1. The minimum Gasteiger partial charge on any atom is -0.479 e. The number of ether oxygens (including phenoxy) is 1. The smallest absolute Gasteiger partial charge is 0.267 e. The highest BCUT2D eigenvalue weighted by molar-refractivity contribution is 7.09. The fourth-order valence-corrected chi connectivity index (χ4v) is 3.14. The van der Waals surface area contributed by atoms with Crippen molar-refractivity contribution >= 4 is 22.9 Å². The second-order valence-electron chi connectivity index (χ2n) is 5.48. The third-order valence-corrected chi connectivity index (χ3v) is 4.46. The van der Waals surface area contributed by atoms with E-state index in [1.807, 2.05) is 24.4 Å². The molecule has 2 atom stereocenters. The molecule has 1 amide bonds. The van der Waals surface area contributed by atoms with Gasteiger partial charge in [-0.3, -0.25) is 4.79 Å². The van der Waals surface area contributed by atoms with Crippen LogP contribution in [0, 0.1) is 6.92 Å². The Morgan fingerprint density at radius 3 is 2.91 bits per heavy atom. The second-order valence-corrected chi connectivity index (χ2v) is 6.54. The van der Waals surface area contributed by atoms with Gasteiger partial charge in [-0.2, -0.15) is 0 Å². The van der Waals surface area contributed by atoms with Gasteiger partial charge in [0.15, 0.2) is 6.10 Å². The van der Waals surface area contributed by atoms with E-state index in [0.717, 1.165) is 16.3 Å². The molecule has 3 rings (SSSR count). The highest BCUT2D eigenvalue weighted by Crippen LogP contribution is 2.37. The third kappa shape index (κ3) is 3.08. The number of hydrogen-bond donors (Lipinski definition) is 2. The molecule has 1 aliphatic heterocycles. The van der Waals surface area contributed by atoms with Gasteiger partial charge in [-0.15, -0.1) is 11.3 Å². The van der Waals surface area contributed by atoms with Crippen molar-refractivity contribution in [3.63, 3.8) is 0 Å². The van der Waals surface area contributed by atoms with Gasteiger partial charge in [-0.05, 0) is 32.0 Å². The quantitative estimate of drug-likeness (QED) is 0.887. The molecule has 0 spiro atoms. The minimum atomic E-state index is -0.998. The Morgan fingerprint density at radius 2 is 2.26 bits per heavy atom. The number of anilines is 1. The van der Waals surface area contributed by atoms with E-state index >= 15 is 0 Å². The second kappa shape index (κ2) is 6.27. The van der Waals surface area contributed by atoms with Crippen LogP contribution in [-0.2, 0) is 4.79 Å². The molecular weight excluding hydrogens is 316 g/mol. The van der Waals surface area contributed by atoms with Crippen LogP contribution in [0.5, 0.6) is 5.75 Å². The summed E-state index contributed by atoms with van der Waals surface area (Å²) in [7, 11) is 0. The van der Waals surface area contributed by atoms with Crippen molar-refractivity contribution in [2.24, 2.45) is 0 Å². The van der Waals surface area contributed by atoms with Crippen molar-refractivity contribution in [3.05, 3.63) is 28.6 Å². The van der Waals surface area contributed by atoms with E-state index in [2.05, 4.69) is 4.98 Å². The molecule has 6 nitrogen and oxygen atoms in total. The lowest BCUT2D eigenvalue weighted by atomic mass is 10.1. The summed E-state index contributed by atoms with van der Waals surface area (Å²) in [6, 6.07) is 5.54. The molecule has 0 bridgehead atoms. The van der Waals surface area contributed by atoms with Gasteiger partial charge in [0, 0.05) is 10.9 Å². The maximum Gasteiger partial charge on any atom is 0.267 e. The van der Waals surface area contributed by atoms with Gasteiger partial charge in [0.2, 0.25) is 0 Å². The number of nitrogens with zero attached hydrogens (tertiary/aromatic N) is 2. The number of aromatic nitrogens is 1. The average molecular weight is 334 g/mol. The zero-order valence-electron chi connectivity index (χ0n) is 12.9. The van der Waals surface area contributed by atoms with Crippen LogP contribution in [0.3, 0.4) is 0 Å². The average Bonchev–Trinajstić information content (AvgIpc) is 2.97. The van der Waals surface area contributed by atoms with Crippen LogP contribution in [0.4, 0.5) is 5.69 Å². The lowest BCUT2D eigenvalue weighted by Gasteiger charge is -2.34. The highest BCUT2D eigenvalue weighted by Gasteiger charge is 2.32. The number of fused-ring (bicyclic) bond motifs is 1. The summed E-state index contributed by atoms with van der Waals surface area (Å²) in [5, 5.41) is 21.7. The van der Waals surface area contributed by atoms with Gasteiger partial charge in [-0.25, -0.2) is 4.98 Å². The molecule has 7 heteroatoms. The molecule has 2 aromatic rings. The summed E-state index contributed by atoms with van der Waals surface area (Å²) >= 11 is 1.56. The number of amides is 1. The molecule has 0 radical (unpaired) electrons. The van der Waals surface area contributed by atoms with E-state index in [4.69, 9.17) is 9.84 Å². The SMILES string of the molecule is Cc1nc(-c2ccc3c(c2)N(CC(O)CO)C(=O)C(C)O3)cs1. The summed E-state index contributed by atoms with van der Waals surface area (Å²) in [4.78, 5) is 18.3. The number of rotatable bonds is 4. The van der Waals surface area contributed by atoms with Gasteiger partial charge >= 0.3 is 0 Å². The zero-order chi connectivity index (χ0) is 16.6. The van der Waals surface area contributed by atoms with E-state index in [0.29, 0.717) is 11.4 Å². The van der Waals surface area contributed by atoms with E-state index in [1.54, 1.807) is 24.3 Å². The normalized spacial score (nSPS) is 18.5. The number of carbonyl (C=O) groups is 1. The fraction of sp³-hybridized carbons (Fsp3) is 0.375. The fourth-order valence-electron chi connectivity index (χ4n) is 2.52. The lowest BCUT2D eigenvalue weighted by molar-refractivity contribution is -0.126. The number of benzene rings is 1. The minimum absolute atomic E-state index is 0.0234. The van der Waals surface area contributed by atoms with Crippen molar-refractivity contribution in [1.82, 2.24) is 4.98 Å². The Bertz CT molecular complexity index is 731. The molecule has 0 aliphatic carbocycles. The monoisotopic (exact) mass is 334 g/mol. The van der Waals surface area contributed by atoms with E-state index in [9.17, 15) is 9.90 Å². The van der Waals surface area contributed by atoms with Gasteiger partial charge in [-0.1, -0.05) is 0 Å². The Labute approximate surface area is 138 Å². The van der Waals surface area contributed by atoms with E-state index < -0.39 is 18.8 Å². The Balaban J connectivity index is 2.02. The lowest BCUT2D eigenvalue weighted by Crippen LogP contribution is -2.48. The summed E-state index contributed by atoms with van der Waals surface area (Å²) in [6.07, 6.45) is -1.62. The summed E-state index contributed by atoms with van der Waals surface area (Å²) in [5.74, 6) is 0.342. The molecule has 122 valence electrons. The number of aliphatic hydroxyl groups is 2. The van der Waals surface area contributed by atoms with Gasteiger partial charge in [0.25, 0.3) is 5.91 Å². The van der Waals surface area contributed by atoms with Gasteiger partial charge in [0.05, 0.1) is 35.6 Å². The third-order valence-electron chi connectivity index (χ3n) is 3.69.